The molecule has 2 heterocycles. The van der Waals surface area contributed by atoms with Gasteiger partial charge in [-0.25, -0.2) is 8.42 Å². The molecule has 2 saturated heterocycles. The number of phenols is 1. The van der Waals surface area contributed by atoms with Gasteiger partial charge in [0.25, 0.3) is 0 Å². The molecule has 2 fully saturated rings. The molecule has 2 atom stereocenters. The van der Waals surface area contributed by atoms with E-state index in [1.54, 1.807) is 40.7 Å². The molecule has 1 N–H and O–H groups in total. The highest BCUT2D eigenvalue weighted by Gasteiger charge is 2.44. The Morgan fingerprint density at radius 1 is 0.880 bits per heavy atom. The molecule has 132 valence electrons. The summed E-state index contributed by atoms with van der Waals surface area (Å²) in [5.74, 6) is 1.08. The van der Waals surface area contributed by atoms with E-state index in [9.17, 15) is 13.5 Å². The fourth-order valence-corrected chi connectivity index (χ4v) is 5.55. The highest BCUT2D eigenvalue weighted by molar-refractivity contribution is 7.89. The summed E-state index contributed by atoms with van der Waals surface area (Å²) in [6.45, 7) is 3.90. The Kier molecular flexibility index (Phi) is 4.27. The van der Waals surface area contributed by atoms with Crippen LogP contribution in [0, 0.1) is 11.8 Å². The van der Waals surface area contributed by atoms with Crippen molar-refractivity contribution in [3.05, 3.63) is 60.2 Å². The lowest BCUT2D eigenvalue weighted by Crippen LogP contribution is -2.33. The van der Waals surface area contributed by atoms with Gasteiger partial charge in [-0.2, -0.15) is 4.31 Å². The maximum Gasteiger partial charge on any atom is 0.243 e. The summed E-state index contributed by atoms with van der Waals surface area (Å²) in [6.07, 6.45) is 0. The Balaban J connectivity index is 1.40. The zero-order valence-electron chi connectivity index (χ0n) is 14.0. The lowest BCUT2D eigenvalue weighted by atomic mass is 10.0. The number of phenolic OH excluding ortho intramolecular Hbond substituents is 1. The minimum absolute atomic E-state index is 0.281. The summed E-state index contributed by atoms with van der Waals surface area (Å²) in [5, 5.41) is 9.37. The zero-order chi connectivity index (χ0) is 17.4. The second kappa shape index (κ2) is 6.44. The minimum Gasteiger partial charge on any atom is -0.508 e. The number of benzene rings is 2. The van der Waals surface area contributed by atoms with E-state index in [0.29, 0.717) is 29.8 Å². The first-order chi connectivity index (χ1) is 12.0. The molecule has 2 aromatic rings. The van der Waals surface area contributed by atoms with E-state index < -0.39 is 10.0 Å². The lowest BCUT2D eigenvalue weighted by molar-refractivity contribution is 0.289. The largest absolute Gasteiger partial charge is 0.508 e. The molecule has 2 aliphatic heterocycles. The summed E-state index contributed by atoms with van der Waals surface area (Å²) in [5.41, 5.74) is 1.17. The van der Waals surface area contributed by atoms with Crippen LogP contribution in [0.2, 0.25) is 0 Å². The van der Waals surface area contributed by atoms with E-state index in [-0.39, 0.29) is 5.75 Å². The molecule has 0 aliphatic carbocycles. The maximum atomic E-state index is 12.8. The van der Waals surface area contributed by atoms with Crippen molar-refractivity contribution in [3.63, 3.8) is 0 Å². The number of hydrogen-bond donors (Lipinski definition) is 1. The second-order valence-corrected chi connectivity index (χ2v) is 8.95. The molecule has 2 aliphatic rings. The zero-order valence-corrected chi connectivity index (χ0v) is 14.8. The van der Waals surface area contributed by atoms with E-state index in [1.807, 2.05) is 18.2 Å². The number of aromatic hydroxyl groups is 1. The molecule has 0 amide bonds. The second-order valence-electron chi connectivity index (χ2n) is 7.02. The lowest BCUT2D eigenvalue weighted by Gasteiger charge is -2.21. The summed E-state index contributed by atoms with van der Waals surface area (Å²) in [7, 11) is -3.37. The summed E-state index contributed by atoms with van der Waals surface area (Å²) >= 11 is 0. The Morgan fingerprint density at radius 3 is 2.08 bits per heavy atom. The number of likely N-dealkylation sites (tertiary alicyclic amines) is 1. The van der Waals surface area contributed by atoms with Gasteiger partial charge in [0.1, 0.15) is 5.75 Å². The van der Waals surface area contributed by atoms with Crippen molar-refractivity contribution < 1.29 is 13.5 Å². The standard InChI is InChI=1S/C19H22N2O3S/c22-18-8-6-15(7-9-18)10-20-11-16-13-21(14-17(16)12-20)25(23,24)19-4-2-1-3-5-19/h1-9,16-17,22H,10-14H2. The van der Waals surface area contributed by atoms with E-state index >= 15 is 0 Å². The number of rotatable bonds is 4. The molecule has 6 heteroatoms. The Labute approximate surface area is 148 Å². The van der Waals surface area contributed by atoms with Crippen LogP contribution in [0.5, 0.6) is 5.75 Å². The summed E-state index contributed by atoms with van der Waals surface area (Å²) < 4.78 is 27.2. The van der Waals surface area contributed by atoms with Crippen molar-refractivity contribution in [2.75, 3.05) is 26.2 Å². The van der Waals surface area contributed by atoms with Gasteiger partial charge in [-0.05, 0) is 41.7 Å². The molecule has 4 rings (SSSR count). The van der Waals surface area contributed by atoms with Gasteiger partial charge in [0.15, 0.2) is 0 Å². The van der Waals surface area contributed by atoms with Gasteiger partial charge in [0, 0.05) is 32.7 Å². The normalized spacial score (nSPS) is 24.5. The van der Waals surface area contributed by atoms with Crippen LogP contribution in [0.4, 0.5) is 0 Å². The van der Waals surface area contributed by atoms with Gasteiger partial charge in [0.05, 0.1) is 4.90 Å². The third-order valence-electron chi connectivity index (χ3n) is 5.25. The number of sulfonamides is 1. The first kappa shape index (κ1) is 16.6. The molecule has 0 aromatic heterocycles. The van der Waals surface area contributed by atoms with Crippen molar-refractivity contribution in [1.82, 2.24) is 9.21 Å². The predicted octanol–water partition coefficient (Wildman–Crippen LogP) is 2.14. The smallest absolute Gasteiger partial charge is 0.243 e. The SMILES string of the molecule is O=S(=O)(c1ccccc1)N1CC2CN(Cc3ccc(O)cc3)CC2C1. The fourth-order valence-electron chi connectivity index (χ4n) is 3.97. The molecule has 25 heavy (non-hydrogen) atoms. The molecule has 0 saturated carbocycles. The van der Waals surface area contributed by atoms with Crippen LogP contribution in [-0.4, -0.2) is 48.9 Å². The highest BCUT2D eigenvalue weighted by Crippen LogP contribution is 2.34. The van der Waals surface area contributed by atoms with Crippen LogP contribution in [0.1, 0.15) is 5.56 Å². The van der Waals surface area contributed by atoms with Gasteiger partial charge < -0.3 is 5.11 Å². The van der Waals surface area contributed by atoms with Crippen molar-refractivity contribution in [3.8, 4) is 5.75 Å². The minimum atomic E-state index is -3.37. The van der Waals surface area contributed by atoms with Crippen LogP contribution in [0.15, 0.2) is 59.5 Å². The van der Waals surface area contributed by atoms with Crippen molar-refractivity contribution in [1.29, 1.82) is 0 Å². The van der Waals surface area contributed by atoms with Gasteiger partial charge in [0.2, 0.25) is 10.0 Å². The monoisotopic (exact) mass is 358 g/mol. The van der Waals surface area contributed by atoms with E-state index in [1.165, 1.54) is 5.56 Å². The average Bonchev–Trinajstić information content (AvgIpc) is 3.17. The topological polar surface area (TPSA) is 60.9 Å². The predicted molar refractivity (Wildman–Crippen MR) is 95.6 cm³/mol. The summed E-state index contributed by atoms with van der Waals surface area (Å²) in [4.78, 5) is 2.77. The Bertz CT molecular complexity index is 823. The van der Waals surface area contributed by atoms with Gasteiger partial charge in [-0.3, -0.25) is 4.90 Å². The van der Waals surface area contributed by atoms with E-state index in [4.69, 9.17) is 0 Å². The molecule has 0 bridgehead atoms. The number of fused-ring (bicyclic) bond motifs is 1. The number of nitrogens with zero attached hydrogens (tertiary/aromatic N) is 2. The van der Waals surface area contributed by atoms with Gasteiger partial charge in [-0.1, -0.05) is 30.3 Å². The van der Waals surface area contributed by atoms with Gasteiger partial charge in [-0.15, -0.1) is 0 Å². The first-order valence-electron chi connectivity index (χ1n) is 8.58. The van der Waals surface area contributed by atoms with Crippen LogP contribution < -0.4 is 0 Å². The van der Waals surface area contributed by atoms with Gasteiger partial charge >= 0.3 is 0 Å². The van der Waals surface area contributed by atoms with Crippen LogP contribution >= 0.6 is 0 Å². The molecule has 5 nitrogen and oxygen atoms in total. The molecular formula is C19H22N2O3S. The Morgan fingerprint density at radius 2 is 1.48 bits per heavy atom. The van der Waals surface area contributed by atoms with E-state index in [2.05, 4.69) is 4.90 Å². The quantitative estimate of drug-likeness (QED) is 0.910. The molecular weight excluding hydrogens is 336 g/mol. The van der Waals surface area contributed by atoms with Crippen LogP contribution in [-0.2, 0) is 16.6 Å². The van der Waals surface area contributed by atoms with Crippen LogP contribution in [0.25, 0.3) is 0 Å². The average molecular weight is 358 g/mol. The Hall–Kier alpha value is -1.89. The van der Waals surface area contributed by atoms with Crippen molar-refractivity contribution in [2.45, 2.75) is 11.4 Å². The van der Waals surface area contributed by atoms with E-state index in [0.717, 1.165) is 19.6 Å². The molecule has 2 unspecified atom stereocenters. The fraction of sp³-hybridized carbons (Fsp3) is 0.368. The number of hydrogen-bond acceptors (Lipinski definition) is 4. The third-order valence-corrected chi connectivity index (χ3v) is 7.10. The third kappa shape index (κ3) is 3.29. The van der Waals surface area contributed by atoms with Crippen molar-refractivity contribution >= 4 is 10.0 Å². The molecule has 2 aromatic carbocycles. The summed E-state index contributed by atoms with van der Waals surface area (Å²) in [6, 6.07) is 16.0. The van der Waals surface area contributed by atoms with Crippen molar-refractivity contribution in [2.24, 2.45) is 11.8 Å². The maximum absolute atomic E-state index is 12.8. The molecule has 0 radical (unpaired) electrons. The highest BCUT2D eigenvalue weighted by atomic mass is 32.2. The first-order valence-corrected chi connectivity index (χ1v) is 10.0. The van der Waals surface area contributed by atoms with Crippen LogP contribution in [0.3, 0.4) is 0 Å². The molecule has 0 spiro atoms.